The van der Waals surface area contributed by atoms with Crippen LogP contribution in [0.3, 0.4) is 0 Å². The molecule has 0 aromatic heterocycles. The Balaban J connectivity index is 1.74. The fourth-order valence-corrected chi connectivity index (χ4v) is 3.61. The van der Waals surface area contributed by atoms with E-state index in [1.54, 1.807) is 12.1 Å². The summed E-state index contributed by atoms with van der Waals surface area (Å²) in [7, 11) is 0. The molecule has 1 amide bonds. The summed E-state index contributed by atoms with van der Waals surface area (Å²) in [6.07, 6.45) is 6.18. The minimum Gasteiger partial charge on any atom is -0.508 e. The van der Waals surface area contributed by atoms with Gasteiger partial charge < -0.3 is 15.7 Å². The lowest BCUT2D eigenvalue weighted by atomic mass is 9.92. The van der Waals surface area contributed by atoms with E-state index in [2.05, 4.69) is 0 Å². The fraction of sp³-hybridized carbons (Fsp3) is 0.588. The molecule has 4 nitrogen and oxygen atoms in total. The molecule has 1 aromatic rings. The summed E-state index contributed by atoms with van der Waals surface area (Å²) in [6.45, 7) is 1.37. The molecule has 0 radical (unpaired) electrons. The Kier molecular flexibility index (Phi) is 4.15. The van der Waals surface area contributed by atoms with Crippen molar-refractivity contribution in [1.29, 1.82) is 0 Å². The quantitative estimate of drug-likeness (QED) is 0.778. The Labute approximate surface area is 125 Å². The van der Waals surface area contributed by atoms with Crippen LogP contribution in [-0.2, 0) is 17.8 Å². The van der Waals surface area contributed by atoms with E-state index in [0.29, 0.717) is 6.54 Å². The van der Waals surface area contributed by atoms with Crippen LogP contribution in [0.25, 0.3) is 0 Å². The van der Waals surface area contributed by atoms with E-state index in [1.165, 1.54) is 12.0 Å². The Hall–Kier alpha value is -1.55. The standard InChI is InChI=1S/C17H24N2O2/c18-16-5-3-1-2-4-15(16)17(21)19-9-8-12-6-7-14(20)10-13(12)11-19/h6-7,10,15-16,20H,1-5,8-9,11,18H2. The summed E-state index contributed by atoms with van der Waals surface area (Å²) in [5.41, 5.74) is 8.52. The lowest BCUT2D eigenvalue weighted by Gasteiger charge is -2.33. The number of benzene rings is 1. The van der Waals surface area contributed by atoms with Gasteiger partial charge in [0.15, 0.2) is 0 Å². The van der Waals surface area contributed by atoms with Gasteiger partial charge in [0, 0.05) is 19.1 Å². The van der Waals surface area contributed by atoms with Crippen molar-refractivity contribution in [2.24, 2.45) is 11.7 Å². The van der Waals surface area contributed by atoms with Crippen LogP contribution in [0, 0.1) is 5.92 Å². The fourth-order valence-electron chi connectivity index (χ4n) is 3.61. The zero-order chi connectivity index (χ0) is 14.8. The topological polar surface area (TPSA) is 66.6 Å². The molecule has 0 bridgehead atoms. The van der Waals surface area contributed by atoms with Crippen molar-refractivity contribution in [2.75, 3.05) is 6.54 Å². The Morgan fingerprint density at radius 3 is 2.86 bits per heavy atom. The SMILES string of the molecule is NC1CCCCCC1C(=O)N1CCc2ccc(O)cc2C1. The average molecular weight is 288 g/mol. The number of carbonyl (C=O) groups is 1. The minimum atomic E-state index is -0.0219. The van der Waals surface area contributed by atoms with Crippen LogP contribution in [0.1, 0.15) is 43.2 Å². The molecule has 0 spiro atoms. The first kappa shape index (κ1) is 14.4. The molecule has 1 aromatic carbocycles. The van der Waals surface area contributed by atoms with Gasteiger partial charge in [0.25, 0.3) is 0 Å². The molecule has 4 heteroatoms. The van der Waals surface area contributed by atoms with E-state index in [9.17, 15) is 9.90 Å². The molecule has 1 heterocycles. The Morgan fingerprint density at radius 1 is 1.19 bits per heavy atom. The minimum absolute atomic E-state index is 0.00516. The number of aromatic hydroxyl groups is 1. The highest BCUT2D eigenvalue weighted by Crippen LogP contribution is 2.28. The first-order chi connectivity index (χ1) is 10.1. The monoisotopic (exact) mass is 288 g/mol. The van der Waals surface area contributed by atoms with Crippen LogP contribution < -0.4 is 5.73 Å². The van der Waals surface area contributed by atoms with Crippen LogP contribution in [0.5, 0.6) is 5.75 Å². The normalized spacial score (nSPS) is 26.0. The maximum absolute atomic E-state index is 12.8. The van der Waals surface area contributed by atoms with Gasteiger partial charge in [-0.15, -0.1) is 0 Å². The highest BCUT2D eigenvalue weighted by molar-refractivity contribution is 5.80. The molecule has 3 N–H and O–H groups in total. The molecule has 3 rings (SSSR count). The third kappa shape index (κ3) is 3.05. The number of phenols is 1. The van der Waals surface area contributed by atoms with Gasteiger partial charge in [0.1, 0.15) is 5.75 Å². The molecule has 21 heavy (non-hydrogen) atoms. The first-order valence-corrected chi connectivity index (χ1v) is 8.00. The van der Waals surface area contributed by atoms with Crippen molar-refractivity contribution in [2.45, 2.75) is 51.1 Å². The molecule has 1 fully saturated rings. The molecule has 2 atom stereocenters. The van der Waals surface area contributed by atoms with Gasteiger partial charge in [-0.05, 0) is 42.5 Å². The van der Waals surface area contributed by atoms with Gasteiger partial charge in [-0.1, -0.05) is 25.3 Å². The van der Waals surface area contributed by atoms with E-state index in [0.717, 1.165) is 44.2 Å². The van der Waals surface area contributed by atoms with Crippen LogP contribution in [0.2, 0.25) is 0 Å². The highest BCUT2D eigenvalue weighted by atomic mass is 16.3. The second-order valence-corrected chi connectivity index (χ2v) is 6.37. The number of rotatable bonds is 1. The molecular weight excluding hydrogens is 264 g/mol. The summed E-state index contributed by atoms with van der Waals surface area (Å²) in [5.74, 6) is 0.457. The number of nitrogens with two attached hydrogens (primary N) is 1. The summed E-state index contributed by atoms with van der Waals surface area (Å²) >= 11 is 0. The van der Waals surface area contributed by atoms with Gasteiger partial charge in [-0.3, -0.25) is 4.79 Å². The largest absolute Gasteiger partial charge is 0.508 e. The van der Waals surface area contributed by atoms with Crippen LogP contribution >= 0.6 is 0 Å². The number of carbonyl (C=O) groups excluding carboxylic acids is 1. The predicted molar refractivity (Wildman–Crippen MR) is 81.8 cm³/mol. The third-order valence-electron chi connectivity index (χ3n) is 4.90. The zero-order valence-electron chi connectivity index (χ0n) is 12.4. The molecule has 0 saturated heterocycles. The number of hydrogen-bond donors (Lipinski definition) is 2. The molecule has 114 valence electrons. The van der Waals surface area contributed by atoms with E-state index in [-0.39, 0.29) is 23.6 Å². The summed E-state index contributed by atoms with van der Waals surface area (Å²) in [6, 6.07) is 5.47. The lowest BCUT2D eigenvalue weighted by molar-refractivity contribution is -0.137. The predicted octanol–water partition coefficient (Wildman–Crippen LogP) is 2.18. The number of hydrogen-bond acceptors (Lipinski definition) is 3. The van der Waals surface area contributed by atoms with E-state index < -0.39 is 0 Å². The summed E-state index contributed by atoms with van der Waals surface area (Å²) in [5, 5.41) is 9.62. The molecule has 1 aliphatic heterocycles. The maximum Gasteiger partial charge on any atom is 0.227 e. The number of amides is 1. The van der Waals surface area contributed by atoms with E-state index in [1.807, 2.05) is 11.0 Å². The van der Waals surface area contributed by atoms with Crippen molar-refractivity contribution < 1.29 is 9.90 Å². The Bertz CT molecular complexity index is 530. The van der Waals surface area contributed by atoms with Crippen LogP contribution in [0.4, 0.5) is 0 Å². The number of fused-ring (bicyclic) bond motifs is 1. The van der Waals surface area contributed by atoms with E-state index >= 15 is 0 Å². The maximum atomic E-state index is 12.8. The smallest absolute Gasteiger partial charge is 0.227 e. The second-order valence-electron chi connectivity index (χ2n) is 6.37. The molecule has 1 aliphatic carbocycles. The highest BCUT2D eigenvalue weighted by Gasteiger charge is 2.32. The van der Waals surface area contributed by atoms with Crippen molar-refractivity contribution in [1.82, 2.24) is 4.90 Å². The zero-order valence-corrected chi connectivity index (χ0v) is 12.4. The molecular formula is C17H24N2O2. The molecule has 2 unspecified atom stereocenters. The lowest BCUT2D eigenvalue weighted by Crippen LogP contribution is -2.45. The summed E-state index contributed by atoms with van der Waals surface area (Å²) < 4.78 is 0. The number of nitrogens with zero attached hydrogens (tertiary/aromatic N) is 1. The molecule has 2 aliphatic rings. The van der Waals surface area contributed by atoms with Crippen LogP contribution in [0.15, 0.2) is 18.2 Å². The van der Waals surface area contributed by atoms with Gasteiger partial charge in [0.2, 0.25) is 5.91 Å². The van der Waals surface area contributed by atoms with Crippen molar-refractivity contribution in [3.05, 3.63) is 29.3 Å². The van der Waals surface area contributed by atoms with Gasteiger partial charge in [-0.25, -0.2) is 0 Å². The summed E-state index contributed by atoms with van der Waals surface area (Å²) in [4.78, 5) is 14.7. The Morgan fingerprint density at radius 2 is 2.00 bits per heavy atom. The third-order valence-corrected chi connectivity index (χ3v) is 4.90. The van der Waals surface area contributed by atoms with Crippen molar-refractivity contribution in [3.8, 4) is 5.75 Å². The van der Waals surface area contributed by atoms with Crippen molar-refractivity contribution >= 4 is 5.91 Å². The average Bonchev–Trinajstić information content (AvgIpc) is 2.70. The van der Waals surface area contributed by atoms with Gasteiger partial charge >= 0.3 is 0 Å². The number of phenolic OH excluding ortho intramolecular Hbond substituents is 1. The van der Waals surface area contributed by atoms with E-state index in [4.69, 9.17) is 5.73 Å². The molecule has 1 saturated carbocycles. The van der Waals surface area contributed by atoms with Gasteiger partial charge in [-0.2, -0.15) is 0 Å². The second kappa shape index (κ2) is 6.06. The van der Waals surface area contributed by atoms with Crippen molar-refractivity contribution in [3.63, 3.8) is 0 Å². The van der Waals surface area contributed by atoms with Crippen LogP contribution in [-0.4, -0.2) is 28.5 Å². The first-order valence-electron chi connectivity index (χ1n) is 8.00. The van der Waals surface area contributed by atoms with Gasteiger partial charge in [0.05, 0.1) is 5.92 Å².